The summed E-state index contributed by atoms with van der Waals surface area (Å²) >= 11 is 0. The van der Waals surface area contributed by atoms with Crippen molar-refractivity contribution < 1.29 is 23.1 Å². The average Bonchev–Trinajstić information content (AvgIpc) is 3.32. The minimum atomic E-state index is -0.556. The van der Waals surface area contributed by atoms with Gasteiger partial charge in [-0.1, -0.05) is 29.0 Å². The molecule has 35 heavy (non-hydrogen) atoms. The molecule has 178 valence electrons. The van der Waals surface area contributed by atoms with E-state index >= 15 is 0 Å². The van der Waals surface area contributed by atoms with Crippen LogP contribution in [0.1, 0.15) is 18.7 Å². The fraction of sp³-hybridized carbons (Fsp3) is 0.192. The van der Waals surface area contributed by atoms with Crippen molar-refractivity contribution >= 4 is 22.6 Å². The Morgan fingerprint density at radius 2 is 1.89 bits per heavy atom. The lowest BCUT2D eigenvalue weighted by Gasteiger charge is -2.13. The predicted octanol–water partition coefficient (Wildman–Crippen LogP) is 6.13. The van der Waals surface area contributed by atoms with Gasteiger partial charge < -0.3 is 24.1 Å². The van der Waals surface area contributed by atoms with Crippen LogP contribution in [0.3, 0.4) is 0 Å². The highest BCUT2D eigenvalue weighted by molar-refractivity contribution is 5.88. The van der Waals surface area contributed by atoms with Gasteiger partial charge in [-0.2, -0.15) is 4.98 Å². The van der Waals surface area contributed by atoms with Crippen LogP contribution in [0.5, 0.6) is 23.0 Å². The van der Waals surface area contributed by atoms with E-state index in [-0.39, 0.29) is 11.8 Å². The zero-order valence-electron chi connectivity index (χ0n) is 19.2. The maximum absolute atomic E-state index is 14.9. The lowest BCUT2D eigenvalue weighted by Crippen LogP contribution is -1.97. The number of halogens is 1. The zero-order chi connectivity index (χ0) is 24.2. The van der Waals surface area contributed by atoms with Crippen molar-refractivity contribution in [2.45, 2.75) is 19.3 Å². The van der Waals surface area contributed by atoms with E-state index in [9.17, 15) is 4.39 Å². The van der Waals surface area contributed by atoms with E-state index < -0.39 is 5.82 Å². The van der Waals surface area contributed by atoms with E-state index in [4.69, 9.17) is 18.7 Å². The Bertz CT molecular complexity index is 1430. The molecule has 0 radical (unpaired) electrons. The first-order valence-corrected chi connectivity index (χ1v) is 11.1. The molecule has 9 heteroatoms. The van der Waals surface area contributed by atoms with Gasteiger partial charge in [-0.05, 0) is 37.1 Å². The van der Waals surface area contributed by atoms with Crippen molar-refractivity contribution in [1.82, 2.24) is 15.1 Å². The molecule has 4 aromatic rings. The molecule has 0 fully saturated rings. The summed E-state index contributed by atoms with van der Waals surface area (Å²) in [5.41, 5.74) is 2.33. The van der Waals surface area contributed by atoms with Gasteiger partial charge >= 0.3 is 6.01 Å². The molecule has 2 aromatic carbocycles. The van der Waals surface area contributed by atoms with Crippen molar-refractivity contribution in [3.8, 4) is 23.0 Å². The number of hydrogen-bond acceptors (Lipinski definition) is 8. The number of allylic oxidation sites excluding steroid dienone is 4. The molecular formula is C26H23FN4O4. The minimum Gasteiger partial charge on any atom is -0.493 e. The number of methoxy groups -OCH3 is 2. The molecule has 0 saturated heterocycles. The molecule has 0 aliphatic heterocycles. The molecule has 2 heterocycles. The average molecular weight is 474 g/mol. The highest BCUT2D eigenvalue weighted by atomic mass is 19.1. The van der Waals surface area contributed by atoms with Gasteiger partial charge in [0, 0.05) is 35.8 Å². The Kier molecular flexibility index (Phi) is 6.30. The third kappa shape index (κ3) is 4.93. The lowest BCUT2D eigenvalue weighted by atomic mass is 10.0. The highest BCUT2D eigenvalue weighted by Crippen LogP contribution is 2.37. The van der Waals surface area contributed by atoms with Crippen LogP contribution in [0.15, 0.2) is 70.9 Å². The van der Waals surface area contributed by atoms with Gasteiger partial charge in [-0.3, -0.25) is 4.98 Å². The number of nitrogens with one attached hydrogen (secondary N) is 1. The quantitative estimate of drug-likeness (QED) is 0.326. The summed E-state index contributed by atoms with van der Waals surface area (Å²) in [5.74, 6) is 1.58. The summed E-state index contributed by atoms with van der Waals surface area (Å²) in [6, 6.07) is 9.85. The SMILES string of the molecule is COc1cc2nccc(Oc3ccc(Nc4nc(CC5=CC=CCC5)no4)cc3F)c2cc1OC. The van der Waals surface area contributed by atoms with Crippen LogP contribution in [0, 0.1) is 5.82 Å². The second-order valence-electron chi connectivity index (χ2n) is 7.89. The first-order chi connectivity index (χ1) is 17.1. The largest absolute Gasteiger partial charge is 0.493 e. The molecule has 0 spiro atoms. The van der Waals surface area contributed by atoms with Crippen LogP contribution in [-0.2, 0) is 6.42 Å². The number of hydrogen-bond donors (Lipinski definition) is 1. The van der Waals surface area contributed by atoms with E-state index in [1.807, 2.05) is 6.08 Å². The summed E-state index contributed by atoms with van der Waals surface area (Å²) in [6.07, 6.45) is 10.4. The molecule has 2 aromatic heterocycles. The minimum absolute atomic E-state index is 0.0568. The summed E-state index contributed by atoms with van der Waals surface area (Å²) < 4.78 is 36.8. The normalized spacial score (nSPS) is 12.9. The molecule has 0 atom stereocenters. The summed E-state index contributed by atoms with van der Waals surface area (Å²) in [4.78, 5) is 8.69. The summed E-state index contributed by atoms with van der Waals surface area (Å²) in [6.45, 7) is 0. The van der Waals surface area contributed by atoms with Gasteiger partial charge in [0.2, 0.25) is 0 Å². The van der Waals surface area contributed by atoms with Gasteiger partial charge in [0.1, 0.15) is 5.75 Å². The van der Waals surface area contributed by atoms with Crippen molar-refractivity contribution in [3.63, 3.8) is 0 Å². The number of rotatable bonds is 8. The van der Waals surface area contributed by atoms with Crippen LogP contribution < -0.4 is 19.5 Å². The Balaban J connectivity index is 1.32. The first kappa shape index (κ1) is 22.4. The number of benzene rings is 2. The van der Waals surface area contributed by atoms with E-state index in [2.05, 4.69) is 32.6 Å². The van der Waals surface area contributed by atoms with Crippen LogP contribution in [0.4, 0.5) is 16.1 Å². The van der Waals surface area contributed by atoms with E-state index in [1.165, 1.54) is 17.7 Å². The summed E-state index contributed by atoms with van der Waals surface area (Å²) in [7, 11) is 3.10. The second kappa shape index (κ2) is 9.84. The number of ether oxygens (including phenoxy) is 3. The van der Waals surface area contributed by atoms with Crippen molar-refractivity contribution in [1.29, 1.82) is 0 Å². The first-order valence-electron chi connectivity index (χ1n) is 11.1. The smallest absolute Gasteiger partial charge is 0.325 e. The molecule has 5 rings (SSSR count). The zero-order valence-corrected chi connectivity index (χ0v) is 19.2. The summed E-state index contributed by atoms with van der Waals surface area (Å²) in [5, 5.41) is 7.60. The Hall–Kier alpha value is -4.40. The molecule has 8 nitrogen and oxygen atoms in total. The molecule has 0 unspecified atom stereocenters. The maximum Gasteiger partial charge on any atom is 0.325 e. The van der Waals surface area contributed by atoms with Crippen LogP contribution >= 0.6 is 0 Å². The number of nitrogens with zero attached hydrogens (tertiary/aromatic N) is 3. The lowest BCUT2D eigenvalue weighted by molar-refractivity contribution is 0.355. The molecule has 0 saturated carbocycles. The Labute approximate surface area is 201 Å². The monoisotopic (exact) mass is 474 g/mol. The fourth-order valence-electron chi connectivity index (χ4n) is 3.82. The van der Waals surface area contributed by atoms with Gasteiger partial charge in [-0.15, -0.1) is 0 Å². The van der Waals surface area contributed by atoms with Gasteiger partial charge in [0.05, 0.1) is 19.7 Å². The molecular weight excluding hydrogens is 451 g/mol. The van der Waals surface area contributed by atoms with E-state index in [0.29, 0.717) is 46.1 Å². The molecule has 1 aliphatic rings. The number of anilines is 2. The molecule has 1 N–H and O–H groups in total. The fourth-order valence-corrected chi connectivity index (χ4v) is 3.82. The molecule has 0 bridgehead atoms. The Morgan fingerprint density at radius 3 is 2.66 bits per heavy atom. The van der Waals surface area contributed by atoms with Crippen molar-refractivity contribution in [2.75, 3.05) is 19.5 Å². The van der Waals surface area contributed by atoms with Crippen molar-refractivity contribution in [3.05, 3.63) is 78.0 Å². The molecule has 0 amide bonds. The van der Waals surface area contributed by atoms with Gasteiger partial charge in [0.25, 0.3) is 0 Å². The third-order valence-corrected chi connectivity index (χ3v) is 5.56. The van der Waals surface area contributed by atoms with E-state index in [1.54, 1.807) is 44.7 Å². The third-order valence-electron chi connectivity index (χ3n) is 5.56. The predicted molar refractivity (Wildman–Crippen MR) is 129 cm³/mol. The number of aromatic nitrogens is 3. The number of fused-ring (bicyclic) bond motifs is 1. The van der Waals surface area contributed by atoms with Gasteiger partial charge in [-0.25, -0.2) is 4.39 Å². The maximum atomic E-state index is 14.9. The topological polar surface area (TPSA) is 91.5 Å². The highest BCUT2D eigenvalue weighted by Gasteiger charge is 2.14. The van der Waals surface area contributed by atoms with Crippen LogP contribution in [-0.4, -0.2) is 29.3 Å². The standard InChI is InChI=1S/C26H23FN4O4/c1-32-23-14-18-20(15-24(23)33-2)28-11-10-21(18)34-22-9-8-17(13-19(22)27)29-26-30-25(31-35-26)12-16-6-4-3-5-7-16/h3-4,6,8-11,13-15H,5,7,12H2,1-2H3,(H,29,30,31). The van der Waals surface area contributed by atoms with Crippen LogP contribution in [0.2, 0.25) is 0 Å². The number of pyridine rings is 1. The molecule has 1 aliphatic carbocycles. The van der Waals surface area contributed by atoms with Gasteiger partial charge in [0.15, 0.2) is 28.9 Å². The van der Waals surface area contributed by atoms with E-state index in [0.717, 1.165) is 12.8 Å². The Morgan fingerprint density at radius 1 is 1.03 bits per heavy atom. The van der Waals surface area contributed by atoms with Crippen molar-refractivity contribution in [2.24, 2.45) is 0 Å². The second-order valence-corrected chi connectivity index (χ2v) is 7.89. The van der Waals surface area contributed by atoms with Crippen LogP contribution in [0.25, 0.3) is 10.9 Å².